The molecule has 0 saturated carbocycles. The van der Waals surface area contributed by atoms with Crippen LogP contribution in [0.3, 0.4) is 0 Å². The van der Waals surface area contributed by atoms with E-state index < -0.39 is 12.1 Å². The summed E-state index contributed by atoms with van der Waals surface area (Å²) in [4.78, 5) is 38.3. The Kier molecular flexibility index (Phi) is 66.1. The van der Waals surface area contributed by atoms with Crippen LogP contribution in [-0.4, -0.2) is 37.2 Å². The molecule has 0 saturated heterocycles. The second-order valence-corrected chi connectivity index (χ2v) is 23.8. The van der Waals surface area contributed by atoms with Gasteiger partial charge in [-0.2, -0.15) is 0 Å². The third kappa shape index (κ3) is 65.9. The quantitative estimate of drug-likeness (QED) is 0.0261. The van der Waals surface area contributed by atoms with Gasteiger partial charge < -0.3 is 14.2 Å². The molecule has 0 N–H and O–H groups in total. The molecule has 0 fully saturated rings. The summed E-state index contributed by atoms with van der Waals surface area (Å²) in [7, 11) is 0. The maximum absolute atomic E-state index is 12.8. The van der Waals surface area contributed by atoms with Crippen LogP contribution in [0.25, 0.3) is 0 Å². The minimum Gasteiger partial charge on any atom is -0.462 e. The van der Waals surface area contributed by atoms with Gasteiger partial charge in [0.25, 0.3) is 0 Å². The lowest BCUT2D eigenvalue weighted by molar-refractivity contribution is -0.166. The van der Waals surface area contributed by atoms with Gasteiger partial charge in [-0.25, -0.2) is 0 Å². The fourth-order valence-corrected chi connectivity index (χ4v) is 10.6. The molecule has 6 heteroatoms. The van der Waals surface area contributed by atoms with Gasteiger partial charge in [0.1, 0.15) is 13.2 Å². The molecule has 0 radical (unpaired) electrons. The summed E-state index contributed by atoms with van der Waals surface area (Å²) in [5.74, 6) is -1.02. The molecule has 0 spiro atoms. The SMILES string of the molecule is CC/C=C\C/C=C\C/C=C\C/C=C\C/C=C\CC(=O)OC(COC(=O)CCCCCCCCCCCCCCCCC)COC(=O)CCCCCCCCCCCCCCCCCCCCCCCCCCCCCCCCCC. The predicted molar refractivity (Wildman–Crippen MR) is 348 cm³/mol. The highest BCUT2D eigenvalue weighted by molar-refractivity contribution is 5.72. The fourth-order valence-electron chi connectivity index (χ4n) is 10.6. The van der Waals surface area contributed by atoms with E-state index in [0.717, 1.165) is 70.6 Å². The van der Waals surface area contributed by atoms with E-state index >= 15 is 0 Å². The first kappa shape index (κ1) is 77.1. The van der Waals surface area contributed by atoms with Crippen molar-refractivity contribution in [1.82, 2.24) is 0 Å². The molecule has 0 aromatic heterocycles. The van der Waals surface area contributed by atoms with Crippen LogP contribution in [0.1, 0.15) is 374 Å². The lowest BCUT2D eigenvalue weighted by Gasteiger charge is -2.18. The molecule has 6 nitrogen and oxygen atoms in total. The third-order valence-corrected chi connectivity index (χ3v) is 15.8. The average Bonchev–Trinajstić information content (AvgIpc) is 3.46. The summed E-state index contributed by atoms with van der Waals surface area (Å²) in [6.07, 6.45) is 88.7. The van der Waals surface area contributed by atoms with Gasteiger partial charge in [0.2, 0.25) is 0 Å². The molecule has 1 atom stereocenters. The number of hydrogen-bond acceptors (Lipinski definition) is 6. The zero-order valence-corrected chi connectivity index (χ0v) is 53.6. The lowest BCUT2D eigenvalue weighted by Crippen LogP contribution is -2.30. The number of allylic oxidation sites excluding steroid dienone is 9. The molecule has 0 rings (SSSR count). The van der Waals surface area contributed by atoms with E-state index in [0.29, 0.717) is 12.8 Å². The second-order valence-electron chi connectivity index (χ2n) is 23.8. The van der Waals surface area contributed by atoms with Crippen molar-refractivity contribution in [2.45, 2.75) is 380 Å². The van der Waals surface area contributed by atoms with Crippen molar-refractivity contribution in [3.8, 4) is 0 Å². The maximum atomic E-state index is 12.8. The largest absolute Gasteiger partial charge is 0.462 e. The highest BCUT2D eigenvalue weighted by Crippen LogP contribution is 2.19. The second kappa shape index (κ2) is 68.6. The Morgan fingerprint density at radius 1 is 0.263 bits per heavy atom. The first-order valence-corrected chi connectivity index (χ1v) is 35.3. The Morgan fingerprint density at radius 2 is 0.475 bits per heavy atom. The van der Waals surface area contributed by atoms with Crippen LogP contribution in [0.5, 0.6) is 0 Å². The molecule has 80 heavy (non-hydrogen) atoms. The number of hydrogen-bond donors (Lipinski definition) is 0. The molecule has 1 unspecified atom stereocenters. The summed E-state index contributed by atoms with van der Waals surface area (Å²) >= 11 is 0. The van der Waals surface area contributed by atoms with Crippen LogP contribution < -0.4 is 0 Å². The summed E-state index contributed by atoms with van der Waals surface area (Å²) in [5.41, 5.74) is 0. The number of carbonyl (C=O) groups is 3. The van der Waals surface area contributed by atoms with Gasteiger partial charge in [-0.05, 0) is 44.9 Å². The van der Waals surface area contributed by atoms with E-state index in [4.69, 9.17) is 14.2 Å². The molecule has 0 aliphatic heterocycles. The van der Waals surface area contributed by atoms with Crippen LogP contribution in [-0.2, 0) is 28.6 Å². The molecule has 466 valence electrons. The molecule has 0 aromatic rings. The first-order chi connectivity index (χ1) is 39.5. The maximum Gasteiger partial charge on any atom is 0.310 e. The van der Waals surface area contributed by atoms with E-state index in [1.54, 1.807) is 6.08 Å². The number of unbranched alkanes of at least 4 members (excludes halogenated alkanes) is 45. The first-order valence-electron chi connectivity index (χ1n) is 35.3. The van der Waals surface area contributed by atoms with Crippen LogP contribution in [0.2, 0.25) is 0 Å². The molecule has 0 bridgehead atoms. The van der Waals surface area contributed by atoms with E-state index in [-0.39, 0.29) is 31.6 Å². The average molecular weight is 1120 g/mol. The van der Waals surface area contributed by atoms with Crippen molar-refractivity contribution in [2.24, 2.45) is 0 Å². The van der Waals surface area contributed by atoms with E-state index in [2.05, 4.69) is 69.4 Å². The van der Waals surface area contributed by atoms with E-state index in [1.807, 2.05) is 6.08 Å². The van der Waals surface area contributed by atoms with Crippen LogP contribution in [0, 0.1) is 0 Å². The van der Waals surface area contributed by atoms with Gasteiger partial charge in [-0.1, -0.05) is 370 Å². The minimum atomic E-state index is -0.826. The lowest BCUT2D eigenvalue weighted by atomic mass is 10.0. The highest BCUT2D eigenvalue weighted by Gasteiger charge is 2.19. The Bertz CT molecular complexity index is 1430. The van der Waals surface area contributed by atoms with E-state index in [1.165, 1.54) is 263 Å². The van der Waals surface area contributed by atoms with Gasteiger partial charge in [0.05, 0.1) is 6.42 Å². The molecule has 0 heterocycles. The van der Waals surface area contributed by atoms with Crippen molar-refractivity contribution in [3.05, 3.63) is 60.8 Å². The van der Waals surface area contributed by atoms with Gasteiger partial charge >= 0.3 is 17.9 Å². The Balaban J connectivity index is 4.17. The highest BCUT2D eigenvalue weighted by atomic mass is 16.6. The topological polar surface area (TPSA) is 78.9 Å². The van der Waals surface area contributed by atoms with Crippen LogP contribution in [0.15, 0.2) is 60.8 Å². The van der Waals surface area contributed by atoms with Crippen molar-refractivity contribution in [1.29, 1.82) is 0 Å². The Hall–Kier alpha value is -2.89. The molecule has 0 aromatic carbocycles. The van der Waals surface area contributed by atoms with Gasteiger partial charge in [0.15, 0.2) is 6.10 Å². The molecular formula is C74H134O6. The third-order valence-electron chi connectivity index (χ3n) is 15.8. The van der Waals surface area contributed by atoms with Crippen molar-refractivity contribution < 1.29 is 28.6 Å². The van der Waals surface area contributed by atoms with Crippen molar-refractivity contribution in [3.63, 3.8) is 0 Å². The fraction of sp³-hybridized carbons (Fsp3) is 0.824. The van der Waals surface area contributed by atoms with Crippen molar-refractivity contribution >= 4 is 17.9 Å². The summed E-state index contributed by atoms with van der Waals surface area (Å²) in [6, 6.07) is 0. The molecular weight excluding hydrogens is 985 g/mol. The number of esters is 3. The monoisotopic (exact) mass is 1120 g/mol. The number of carbonyl (C=O) groups excluding carboxylic acids is 3. The zero-order chi connectivity index (χ0) is 57.8. The Labute approximate surface area is 498 Å². The summed E-state index contributed by atoms with van der Waals surface area (Å²) in [6.45, 7) is 6.50. The zero-order valence-electron chi connectivity index (χ0n) is 53.6. The minimum absolute atomic E-state index is 0.102. The van der Waals surface area contributed by atoms with Crippen LogP contribution in [0.4, 0.5) is 0 Å². The molecule has 0 amide bonds. The van der Waals surface area contributed by atoms with Crippen molar-refractivity contribution in [2.75, 3.05) is 13.2 Å². The van der Waals surface area contributed by atoms with Crippen LogP contribution >= 0.6 is 0 Å². The van der Waals surface area contributed by atoms with Gasteiger partial charge in [0, 0.05) is 12.8 Å². The summed E-state index contributed by atoms with van der Waals surface area (Å²) < 4.78 is 16.8. The summed E-state index contributed by atoms with van der Waals surface area (Å²) in [5, 5.41) is 0. The van der Waals surface area contributed by atoms with Gasteiger partial charge in [-0.3, -0.25) is 14.4 Å². The van der Waals surface area contributed by atoms with E-state index in [9.17, 15) is 14.4 Å². The van der Waals surface area contributed by atoms with Gasteiger partial charge in [-0.15, -0.1) is 0 Å². The smallest absolute Gasteiger partial charge is 0.310 e. The molecule has 0 aliphatic rings. The normalized spacial score (nSPS) is 12.4. The standard InChI is InChI=1S/C74H134O6/c1-4-7-10-13-16-19-22-25-28-29-30-31-32-33-34-35-36-37-38-39-40-41-42-43-44-47-49-52-55-58-61-64-67-73(76)79-70-71(80-74(77)68-65-62-59-56-53-50-46-27-24-21-18-15-12-9-6-3)69-78-72(75)66-63-60-57-54-51-48-45-26-23-20-17-14-11-8-5-2/h9,12,18,21,27,46,53,56,62,65,71H,4-8,10-11,13-17,19-20,22-26,28-45,47-52,54-55,57-61,63-64,66-70H2,1-3H3/b12-9-,21-18-,46-27-,56-53-,65-62-. The molecule has 0 aliphatic carbocycles. The Morgan fingerprint density at radius 3 is 0.713 bits per heavy atom. The number of rotatable bonds is 65. The number of ether oxygens (including phenoxy) is 3. The predicted octanol–water partition coefficient (Wildman–Crippen LogP) is 24.3.